The molecule has 3 heterocycles. The van der Waals surface area contributed by atoms with E-state index in [-0.39, 0.29) is 0 Å². The van der Waals surface area contributed by atoms with E-state index in [9.17, 15) is 0 Å². The van der Waals surface area contributed by atoms with E-state index in [0.29, 0.717) is 6.04 Å². The molecule has 1 aromatic carbocycles. The maximum Gasteiger partial charge on any atom is 0.0726 e. The van der Waals surface area contributed by atoms with Crippen LogP contribution in [-0.4, -0.2) is 27.9 Å². The topological polar surface area (TPSA) is 34.0 Å². The minimum Gasteiger partial charge on any atom is -0.369 e. The standard InChI is InChI=1S/C19H22N4/c1-2-15-13-19(17-8-3-4-9-18(17)21-15)22-11-5-7-16(14-22)23-12-6-10-20-23/h3-4,6,8-10,12-13,16H,2,5,7,11,14H2,1H3. The Balaban J connectivity index is 1.73. The van der Waals surface area contributed by atoms with Crippen LogP contribution in [0.25, 0.3) is 10.9 Å². The molecule has 1 aliphatic rings. The van der Waals surface area contributed by atoms with E-state index >= 15 is 0 Å². The normalized spacial score (nSPS) is 18.5. The molecule has 4 rings (SSSR count). The number of hydrogen-bond donors (Lipinski definition) is 0. The van der Waals surface area contributed by atoms with Crippen molar-refractivity contribution >= 4 is 16.6 Å². The molecule has 4 heteroatoms. The molecule has 2 aromatic heterocycles. The van der Waals surface area contributed by atoms with Crippen LogP contribution in [0.4, 0.5) is 5.69 Å². The predicted octanol–water partition coefficient (Wildman–Crippen LogP) is 3.84. The Morgan fingerprint density at radius 2 is 2.13 bits per heavy atom. The van der Waals surface area contributed by atoms with Crippen molar-refractivity contribution in [3.05, 3.63) is 54.5 Å². The molecule has 0 spiro atoms. The van der Waals surface area contributed by atoms with Crippen molar-refractivity contribution in [3.8, 4) is 0 Å². The summed E-state index contributed by atoms with van der Waals surface area (Å²) >= 11 is 0. The first-order valence-corrected chi connectivity index (χ1v) is 8.48. The maximum atomic E-state index is 4.77. The minimum atomic E-state index is 0.454. The SMILES string of the molecule is CCc1cc(N2CCCC(n3cccn3)C2)c2ccccc2n1. The third-order valence-electron chi connectivity index (χ3n) is 4.75. The second kappa shape index (κ2) is 6.03. The van der Waals surface area contributed by atoms with Crippen molar-refractivity contribution in [1.82, 2.24) is 14.8 Å². The second-order valence-corrected chi connectivity index (χ2v) is 6.23. The van der Waals surface area contributed by atoms with Crippen molar-refractivity contribution in [2.24, 2.45) is 0 Å². The van der Waals surface area contributed by atoms with Gasteiger partial charge in [0.25, 0.3) is 0 Å². The molecule has 23 heavy (non-hydrogen) atoms. The average molecular weight is 306 g/mol. The van der Waals surface area contributed by atoms with Gasteiger partial charge in [0.2, 0.25) is 0 Å². The molecule has 0 bridgehead atoms. The molecule has 3 aromatic rings. The fraction of sp³-hybridized carbons (Fsp3) is 0.368. The number of nitrogens with zero attached hydrogens (tertiary/aromatic N) is 4. The highest BCUT2D eigenvalue weighted by molar-refractivity contribution is 5.92. The van der Waals surface area contributed by atoms with E-state index in [1.807, 2.05) is 12.3 Å². The van der Waals surface area contributed by atoms with Gasteiger partial charge in [-0.05, 0) is 37.5 Å². The van der Waals surface area contributed by atoms with Gasteiger partial charge in [0, 0.05) is 42.3 Å². The number of piperidine rings is 1. The fourth-order valence-corrected chi connectivity index (χ4v) is 3.54. The van der Waals surface area contributed by atoms with Crippen LogP contribution in [0.1, 0.15) is 31.5 Å². The summed E-state index contributed by atoms with van der Waals surface area (Å²) in [4.78, 5) is 7.29. The molecule has 1 aliphatic heterocycles. The van der Waals surface area contributed by atoms with Crippen LogP contribution >= 0.6 is 0 Å². The summed E-state index contributed by atoms with van der Waals surface area (Å²) in [6, 6.07) is 13.2. The third-order valence-corrected chi connectivity index (χ3v) is 4.75. The van der Waals surface area contributed by atoms with Crippen LogP contribution < -0.4 is 4.90 Å². The van der Waals surface area contributed by atoms with Gasteiger partial charge in [-0.15, -0.1) is 0 Å². The van der Waals surface area contributed by atoms with E-state index in [2.05, 4.69) is 58.1 Å². The van der Waals surface area contributed by atoms with Crippen molar-refractivity contribution in [1.29, 1.82) is 0 Å². The molecule has 0 aliphatic carbocycles. The zero-order valence-electron chi connectivity index (χ0n) is 13.5. The number of fused-ring (bicyclic) bond motifs is 1. The Labute approximate surface area is 136 Å². The van der Waals surface area contributed by atoms with Gasteiger partial charge in [0.15, 0.2) is 0 Å². The minimum absolute atomic E-state index is 0.454. The molecule has 118 valence electrons. The van der Waals surface area contributed by atoms with Crippen molar-refractivity contribution in [3.63, 3.8) is 0 Å². The number of pyridine rings is 1. The van der Waals surface area contributed by atoms with Crippen LogP contribution in [-0.2, 0) is 6.42 Å². The highest BCUT2D eigenvalue weighted by atomic mass is 15.3. The number of aromatic nitrogens is 3. The van der Waals surface area contributed by atoms with E-state index in [1.54, 1.807) is 0 Å². The number of aryl methyl sites for hydroxylation is 1. The first kappa shape index (κ1) is 14.2. The Hall–Kier alpha value is -2.36. The van der Waals surface area contributed by atoms with Crippen LogP contribution in [0.3, 0.4) is 0 Å². The predicted molar refractivity (Wildman–Crippen MR) is 93.8 cm³/mol. The summed E-state index contributed by atoms with van der Waals surface area (Å²) in [5, 5.41) is 5.70. The lowest BCUT2D eigenvalue weighted by Crippen LogP contribution is -2.37. The first-order valence-electron chi connectivity index (χ1n) is 8.48. The second-order valence-electron chi connectivity index (χ2n) is 6.23. The number of benzene rings is 1. The fourth-order valence-electron chi connectivity index (χ4n) is 3.54. The van der Waals surface area contributed by atoms with Crippen LogP contribution in [0.15, 0.2) is 48.8 Å². The summed E-state index contributed by atoms with van der Waals surface area (Å²) in [6.45, 7) is 4.29. The summed E-state index contributed by atoms with van der Waals surface area (Å²) in [5.41, 5.74) is 3.59. The molecule has 1 unspecified atom stereocenters. The van der Waals surface area contributed by atoms with Gasteiger partial charge in [-0.1, -0.05) is 25.1 Å². The van der Waals surface area contributed by atoms with Gasteiger partial charge in [0.05, 0.1) is 11.6 Å². The summed E-state index contributed by atoms with van der Waals surface area (Å²) in [5.74, 6) is 0. The molecule has 4 nitrogen and oxygen atoms in total. The Kier molecular flexibility index (Phi) is 3.74. The zero-order chi connectivity index (χ0) is 15.6. The number of hydrogen-bond acceptors (Lipinski definition) is 3. The monoisotopic (exact) mass is 306 g/mol. The van der Waals surface area contributed by atoms with Gasteiger partial charge in [0.1, 0.15) is 0 Å². The molecule has 0 N–H and O–H groups in total. The molecule has 0 saturated carbocycles. The van der Waals surface area contributed by atoms with Crippen LogP contribution in [0, 0.1) is 0 Å². The lowest BCUT2D eigenvalue weighted by Gasteiger charge is -2.35. The summed E-state index contributed by atoms with van der Waals surface area (Å²) in [7, 11) is 0. The molecule has 0 amide bonds. The number of rotatable bonds is 3. The smallest absolute Gasteiger partial charge is 0.0726 e. The maximum absolute atomic E-state index is 4.77. The van der Waals surface area contributed by atoms with Crippen molar-refractivity contribution in [2.75, 3.05) is 18.0 Å². The average Bonchev–Trinajstić information content (AvgIpc) is 3.15. The first-order chi connectivity index (χ1) is 11.3. The number of anilines is 1. The molecule has 1 fully saturated rings. The van der Waals surface area contributed by atoms with Gasteiger partial charge >= 0.3 is 0 Å². The van der Waals surface area contributed by atoms with Crippen LogP contribution in [0.2, 0.25) is 0 Å². The molecular weight excluding hydrogens is 284 g/mol. The number of para-hydroxylation sites is 1. The Bertz CT molecular complexity index is 794. The molecule has 0 radical (unpaired) electrons. The Morgan fingerprint density at radius 3 is 2.96 bits per heavy atom. The summed E-state index contributed by atoms with van der Waals surface area (Å²) < 4.78 is 2.11. The van der Waals surface area contributed by atoms with E-state index < -0.39 is 0 Å². The lowest BCUT2D eigenvalue weighted by molar-refractivity contribution is 0.376. The van der Waals surface area contributed by atoms with Gasteiger partial charge in [-0.25, -0.2) is 0 Å². The molecule has 1 atom stereocenters. The van der Waals surface area contributed by atoms with Crippen LogP contribution in [0.5, 0.6) is 0 Å². The van der Waals surface area contributed by atoms with Crippen molar-refractivity contribution in [2.45, 2.75) is 32.2 Å². The highest BCUT2D eigenvalue weighted by Gasteiger charge is 2.23. The van der Waals surface area contributed by atoms with E-state index in [1.165, 1.54) is 29.6 Å². The molecule has 1 saturated heterocycles. The Morgan fingerprint density at radius 1 is 1.22 bits per heavy atom. The molecular formula is C19H22N4. The highest BCUT2D eigenvalue weighted by Crippen LogP contribution is 2.31. The zero-order valence-corrected chi connectivity index (χ0v) is 13.5. The lowest BCUT2D eigenvalue weighted by atomic mass is 10.0. The van der Waals surface area contributed by atoms with Gasteiger partial charge < -0.3 is 4.90 Å². The summed E-state index contributed by atoms with van der Waals surface area (Å²) in [6.07, 6.45) is 7.31. The largest absolute Gasteiger partial charge is 0.369 e. The van der Waals surface area contributed by atoms with E-state index in [4.69, 9.17) is 4.98 Å². The van der Waals surface area contributed by atoms with Gasteiger partial charge in [-0.2, -0.15) is 5.10 Å². The van der Waals surface area contributed by atoms with E-state index in [0.717, 1.165) is 25.0 Å². The van der Waals surface area contributed by atoms with Crippen molar-refractivity contribution < 1.29 is 0 Å². The van der Waals surface area contributed by atoms with Gasteiger partial charge in [-0.3, -0.25) is 9.67 Å². The third kappa shape index (κ3) is 2.69. The quantitative estimate of drug-likeness (QED) is 0.737.